The van der Waals surface area contributed by atoms with E-state index in [0.717, 1.165) is 19.4 Å². The van der Waals surface area contributed by atoms with E-state index < -0.39 is 0 Å². The molecule has 114 valence electrons. The van der Waals surface area contributed by atoms with Gasteiger partial charge in [0.25, 0.3) is 5.91 Å². The number of aromatic hydroxyl groups is 1. The Morgan fingerprint density at radius 2 is 2.24 bits per heavy atom. The average Bonchev–Trinajstić information content (AvgIpc) is 2.90. The molecule has 0 radical (unpaired) electrons. The molecule has 0 spiro atoms. The normalized spacial score (nSPS) is 17.8. The number of nitrogens with zero attached hydrogens (tertiary/aromatic N) is 1. The number of nitrogens with one attached hydrogen (secondary N) is 1. The molecule has 1 aliphatic heterocycles. The van der Waals surface area contributed by atoms with Gasteiger partial charge in [-0.15, -0.1) is 0 Å². The number of phenolic OH excluding ortho intramolecular Hbond substituents is 1. The van der Waals surface area contributed by atoms with Crippen molar-refractivity contribution >= 4 is 11.8 Å². The van der Waals surface area contributed by atoms with Gasteiger partial charge in [-0.1, -0.05) is 6.07 Å². The van der Waals surface area contributed by atoms with Crippen LogP contribution in [0.15, 0.2) is 18.2 Å². The summed E-state index contributed by atoms with van der Waals surface area (Å²) in [6, 6.07) is 4.79. The van der Waals surface area contributed by atoms with Crippen LogP contribution in [0.25, 0.3) is 0 Å². The predicted octanol–water partition coefficient (Wildman–Crippen LogP) is 0.592. The Kier molecular flexibility index (Phi) is 4.80. The molecule has 1 unspecified atom stereocenters. The van der Waals surface area contributed by atoms with Crippen LogP contribution in [-0.2, 0) is 11.3 Å². The summed E-state index contributed by atoms with van der Waals surface area (Å²) in [7, 11) is 0. The van der Waals surface area contributed by atoms with Crippen LogP contribution in [0.2, 0.25) is 0 Å². The Morgan fingerprint density at radius 1 is 1.48 bits per heavy atom. The van der Waals surface area contributed by atoms with E-state index in [2.05, 4.69) is 5.32 Å². The molecule has 1 aromatic rings. The fourth-order valence-corrected chi connectivity index (χ4v) is 2.54. The van der Waals surface area contributed by atoms with Crippen molar-refractivity contribution in [3.63, 3.8) is 0 Å². The SMILES string of the molecule is CC1CCCN1C(=O)CNC(=O)c1ccc(CN)c(O)c1. The van der Waals surface area contributed by atoms with Crippen LogP contribution in [0.3, 0.4) is 0 Å². The van der Waals surface area contributed by atoms with Crippen molar-refractivity contribution in [2.75, 3.05) is 13.1 Å². The quantitative estimate of drug-likeness (QED) is 0.756. The van der Waals surface area contributed by atoms with Crippen molar-refractivity contribution in [2.24, 2.45) is 5.73 Å². The number of hydrogen-bond acceptors (Lipinski definition) is 4. The van der Waals surface area contributed by atoms with Crippen LogP contribution < -0.4 is 11.1 Å². The Morgan fingerprint density at radius 3 is 2.81 bits per heavy atom. The summed E-state index contributed by atoms with van der Waals surface area (Å²) < 4.78 is 0. The highest BCUT2D eigenvalue weighted by Gasteiger charge is 2.25. The lowest BCUT2D eigenvalue weighted by Gasteiger charge is -2.21. The summed E-state index contributed by atoms with van der Waals surface area (Å²) >= 11 is 0. The van der Waals surface area contributed by atoms with Gasteiger partial charge in [0.2, 0.25) is 5.91 Å². The van der Waals surface area contributed by atoms with E-state index in [1.807, 2.05) is 6.92 Å². The monoisotopic (exact) mass is 291 g/mol. The number of rotatable bonds is 4. The second-order valence-electron chi connectivity index (χ2n) is 5.31. The number of likely N-dealkylation sites (tertiary alicyclic amines) is 1. The van der Waals surface area contributed by atoms with Crippen molar-refractivity contribution in [3.8, 4) is 5.75 Å². The lowest BCUT2D eigenvalue weighted by Crippen LogP contribution is -2.41. The number of phenols is 1. The molecule has 1 atom stereocenters. The molecule has 4 N–H and O–H groups in total. The fraction of sp³-hybridized carbons (Fsp3) is 0.467. The van der Waals surface area contributed by atoms with Gasteiger partial charge in [0.15, 0.2) is 0 Å². The summed E-state index contributed by atoms with van der Waals surface area (Å²) in [5.41, 5.74) is 6.34. The van der Waals surface area contributed by atoms with Crippen LogP contribution in [0, 0.1) is 0 Å². The number of carbonyl (C=O) groups excluding carboxylic acids is 2. The molecule has 6 heteroatoms. The summed E-state index contributed by atoms with van der Waals surface area (Å²) in [5, 5.41) is 12.3. The first-order chi connectivity index (χ1) is 10.0. The van der Waals surface area contributed by atoms with Crippen molar-refractivity contribution in [1.82, 2.24) is 10.2 Å². The summed E-state index contributed by atoms with van der Waals surface area (Å²) in [5.74, 6) is -0.463. The van der Waals surface area contributed by atoms with Gasteiger partial charge >= 0.3 is 0 Å². The van der Waals surface area contributed by atoms with Gasteiger partial charge in [-0.3, -0.25) is 9.59 Å². The summed E-state index contributed by atoms with van der Waals surface area (Å²) in [6.07, 6.45) is 2.02. The predicted molar refractivity (Wildman–Crippen MR) is 78.7 cm³/mol. The third-order valence-electron chi connectivity index (χ3n) is 3.84. The number of benzene rings is 1. The zero-order chi connectivity index (χ0) is 15.4. The van der Waals surface area contributed by atoms with Gasteiger partial charge in [0, 0.05) is 30.3 Å². The van der Waals surface area contributed by atoms with Crippen molar-refractivity contribution in [1.29, 1.82) is 0 Å². The second-order valence-corrected chi connectivity index (χ2v) is 5.31. The molecule has 0 bridgehead atoms. The van der Waals surface area contributed by atoms with E-state index in [1.54, 1.807) is 17.0 Å². The molecule has 1 fully saturated rings. The minimum atomic E-state index is -0.380. The average molecular weight is 291 g/mol. The van der Waals surface area contributed by atoms with E-state index in [-0.39, 0.29) is 36.7 Å². The lowest BCUT2D eigenvalue weighted by molar-refractivity contribution is -0.130. The largest absolute Gasteiger partial charge is 0.508 e. The molecule has 21 heavy (non-hydrogen) atoms. The molecule has 6 nitrogen and oxygen atoms in total. The maximum atomic E-state index is 12.0. The van der Waals surface area contributed by atoms with Crippen molar-refractivity contribution < 1.29 is 14.7 Å². The Bertz CT molecular complexity index is 545. The van der Waals surface area contributed by atoms with Gasteiger partial charge in [-0.2, -0.15) is 0 Å². The first-order valence-electron chi connectivity index (χ1n) is 7.12. The minimum Gasteiger partial charge on any atom is -0.508 e. The number of hydrogen-bond donors (Lipinski definition) is 3. The first kappa shape index (κ1) is 15.3. The molecule has 0 aliphatic carbocycles. The van der Waals surface area contributed by atoms with Crippen molar-refractivity contribution in [3.05, 3.63) is 29.3 Å². The number of amides is 2. The van der Waals surface area contributed by atoms with Crippen molar-refractivity contribution in [2.45, 2.75) is 32.4 Å². The summed E-state index contributed by atoms with van der Waals surface area (Å²) in [6.45, 7) is 2.94. The lowest BCUT2D eigenvalue weighted by atomic mass is 10.1. The Hall–Kier alpha value is -2.08. The van der Waals surface area contributed by atoms with E-state index in [1.165, 1.54) is 6.07 Å². The summed E-state index contributed by atoms with van der Waals surface area (Å²) in [4.78, 5) is 25.8. The highest BCUT2D eigenvalue weighted by molar-refractivity contribution is 5.96. The van der Waals surface area contributed by atoms with Gasteiger partial charge < -0.3 is 21.1 Å². The van der Waals surface area contributed by atoms with Gasteiger partial charge in [0.05, 0.1) is 6.54 Å². The van der Waals surface area contributed by atoms with Gasteiger partial charge in [-0.25, -0.2) is 0 Å². The minimum absolute atomic E-state index is 0.00959. The van der Waals surface area contributed by atoms with Crippen LogP contribution in [0.1, 0.15) is 35.7 Å². The van der Waals surface area contributed by atoms with Crippen LogP contribution in [-0.4, -0.2) is 41.0 Å². The smallest absolute Gasteiger partial charge is 0.251 e. The Labute approximate surface area is 123 Å². The topological polar surface area (TPSA) is 95.7 Å². The van der Waals surface area contributed by atoms with Crippen LogP contribution in [0.5, 0.6) is 5.75 Å². The number of carbonyl (C=O) groups is 2. The maximum Gasteiger partial charge on any atom is 0.251 e. The second kappa shape index (κ2) is 6.58. The molecule has 1 aromatic carbocycles. The molecule has 2 rings (SSSR count). The molecular weight excluding hydrogens is 270 g/mol. The van der Waals surface area contributed by atoms with E-state index in [9.17, 15) is 14.7 Å². The Balaban J connectivity index is 1.92. The molecule has 0 aromatic heterocycles. The molecule has 2 amide bonds. The number of nitrogens with two attached hydrogens (primary N) is 1. The third kappa shape index (κ3) is 3.52. The fourth-order valence-electron chi connectivity index (χ4n) is 2.54. The van der Waals surface area contributed by atoms with Gasteiger partial charge in [0.1, 0.15) is 5.75 Å². The maximum absolute atomic E-state index is 12.0. The standard InChI is InChI=1S/C15H21N3O3/c1-10-3-2-6-18(10)14(20)9-17-15(21)11-4-5-12(8-16)13(19)7-11/h4-5,7,10,19H,2-3,6,8-9,16H2,1H3,(H,17,21). The first-order valence-corrected chi connectivity index (χ1v) is 7.12. The van der Waals surface area contributed by atoms with Gasteiger partial charge in [-0.05, 0) is 31.9 Å². The van der Waals surface area contributed by atoms with E-state index in [0.29, 0.717) is 11.1 Å². The van der Waals surface area contributed by atoms with E-state index in [4.69, 9.17) is 5.73 Å². The van der Waals surface area contributed by atoms with E-state index >= 15 is 0 Å². The third-order valence-corrected chi connectivity index (χ3v) is 3.84. The zero-order valence-corrected chi connectivity index (χ0v) is 12.1. The molecule has 1 aliphatic rings. The van der Waals surface area contributed by atoms with Crippen LogP contribution in [0.4, 0.5) is 0 Å². The zero-order valence-electron chi connectivity index (χ0n) is 12.1. The molecular formula is C15H21N3O3. The molecule has 1 heterocycles. The molecule has 1 saturated heterocycles. The molecule has 0 saturated carbocycles. The highest BCUT2D eigenvalue weighted by Crippen LogP contribution is 2.18. The highest BCUT2D eigenvalue weighted by atomic mass is 16.3. The van der Waals surface area contributed by atoms with Crippen LogP contribution >= 0.6 is 0 Å².